The molecule has 0 heterocycles. The van der Waals surface area contributed by atoms with Crippen LogP contribution in [-0.4, -0.2) is 12.5 Å². The summed E-state index contributed by atoms with van der Waals surface area (Å²) in [5.74, 6) is 1.11. The number of amides is 1. The molecule has 1 aromatic carbocycles. The van der Waals surface area contributed by atoms with E-state index in [-0.39, 0.29) is 5.91 Å². The smallest absolute Gasteiger partial charge is 0.243 e. The molecule has 0 aromatic heterocycles. The second kappa shape index (κ2) is 7.00. The Hall–Kier alpha value is -1.57. The minimum atomic E-state index is -0.0418. The summed E-state index contributed by atoms with van der Waals surface area (Å²) in [5.41, 5.74) is 2.40. The standard InChI is InChI=1S/C16H23NO/c1-5-17-16(18)10-9-14-7-6-8-15(11-14)13(4)12(2)3/h6-13H,5H2,1-4H3,(H,17,18)/b10-9+/t13-/m1/s1. The van der Waals surface area contributed by atoms with Crippen molar-refractivity contribution in [3.05, 3.63) is 41.5 Å². The second-order valence-electron chi connectivity index (χ2n) is 4.93. The Kier molecular flexibility index (Phi) is 5.63. The average molecular weight is 245 g/mol. The summed E-state index contributed by atoms with van der Waals surface area (Å²) in [6.07, 6.45) is 3.45. The Labute approximate surface area is 110 Å². The first-order valence-corrected chi connectivity index (χ1v) is 6.60. The summed E-state index contributed by atoms with van der Waals surface area (Å²) in [4.78, 5) is 11.3. The molecule has 0 unspecified atom stereocenters. The normalized spacial score (nSPS) is 12.9. The zero-order valence-corrected chi connectivity index (χ0v) is 11.7. The molecule has 1 aromatic rings. The highest BCUT2D eigenvalue weighted by Crippen LogP contribution is 2.24. The minimum Gasteiger partial charge on any atom is -0.353 e. The molecule has 2 nitrogen and oxygen atoms in total. The Bertz CT molecular complexity index is 421. The van der Waals surface area contributed by atoms with E-state index in [0.29, 0.717) is 18.4 Å². The fourth-order valence-corrected chi connectivity index (χ4v) is 1.74. The van der Waals surface area contributed by atoms with E-state index in [2.05, 4.69) is 38.2 Å². The van der Waals surface area contributed by atoms with Crippen molar-refractivity contribution in [2.45, 2.75) is 33.6 Å². The molecule has 0 aliphatic rings. The van der Waals surface area contributed by atoms with Crippen molar-refractivity contribution in [3.8, 4) is 0 Å². The number of hydrogen-bond acceptors (Lipinski definition) is 1. The van der Waals surface area contributed by atoms with E-state index >= 15 is 0 Å². The van der Waals surface area contributed by atoms with Crippen LogP contribution in [0.2, 0.25) is 0 Å². The van der Waals surface area contributed by atoms with Gasteiger partial charge in [-0.3, -0.25) is 4.79 Å². The van der Waals surface area contributed by atoms with Gasteiger partial charge in [-0.15, -0.1) is 0 Å². The van der Waals surface area contributed by atoms with Gasteiger partial charge in [-0.2, -0.15) is 0 Å². The summed E-state index contributed by atoms with van der Waals surface area (Å²) < 4.78 is 0. The lowest BCUT2D eigenvalue weighted by Gasteiger charge is -2.16. The van der Waals surface area contributed by atoms with Gasteiger partial charge in [0.25, 0.3) is 0 Å². The molecule has 0 spiro atoms. The molecular weight excluding hydrogens is 222 g/mol. The SMILES string of the molecule is CCNC(=O)/C=C/c1cccc([C@H](C)C(C)C)c1. The number of hydrogen-bond donors (Lipinski definition) is 1. The largest absolute Gasteiger partial charge is 0.353 e. The molecule has 1 amide bonds. The maximum Gasteiger partial charge on any atom is 0.243 e. The molecule has 98 valence electrons. The van der Waals surface area contributed by atoms with Crippen LogP contribution < -0.4 is 5.32 Å². The predicted molar refractivity (Wildman–Crippen MR) is 77.4 cm³/mol. The molecule has 0 fully saturated rings. The third kappa shape index (κ3) is 4.36. The highest BCUT2D eigenvalue weighted by atomic mass is 16.1. The van der Waals surface area contributed by atoms with Crippen LogP contribution >= 0.6 is 0 Å². The minimum absolute atomic E-state index is 0.0418. The first-order valence-electron chi connectivity index (χ1n) is 6.60. The number of benzene rings is 1. The van der Waals surface area contributed by atoms with Crippen LogP contribution in [0, 0.1) is 5.92 Å². The maximum atomic E-state index is 11.3. The number of carbonyl (C=O) groups is 1. The van der Waals surface area contributed by atoms with E-state index in [0.717, 1.165) is 5.56 Å². The first-order chi connectivity index (χ1) is 8.54. The first kappa shape index (κ1) is 14.5. The van der Waals surface area contributed by atoms with E-state index < -0.39 is 0 Å². The fourth-order valence-electron chi connectivity index (χ4n) is 1.74. The third-order valence-electron chi connectivity index (χ3n) is 3.21. The molecule has 0 radical (unpaired) electrons. The number of likely N-dealkylation sites (N-methyl/N-ethyl adjacent to an activating group) is 1. The van der Waals surface area contributed by atoms with Gasteiger partial charge in [0, 0.05) is 12.6 Å². The average Bonchev–Trinajstić information content (AvgIpc) is 2.36. The summed E-state index contributed by atoms with van der Waals surface area (Å²) in [6, 6.07) is 8.37. The number of nitrogens with one attached hydrogen (secondary N) is 1. The van der Waals surface area contributed by atoms with E-state index in [1.54, 1.807) is 6.08 Å². The van der Waals surface area contributed by atoms with Crippen LogP contribution in [0.15, 0.2) is 30.3 Å². The Morgan fingerprint density at radius 3 is 2.67 bits per heavy atom. The topological polar surface area (TPSA) is 29.1 Å². The summed E-state index contributed by atoms with van der Waals surface area (Å²) in [6.45, 7) is 9.26. The lowest BCUT2D eigenvalue weighted by molar-refractivity contribution is -0.116. The Balaban J connectivity index is 2.79. The van der Waals surface area contributed by atoms with Gasteiger partial charge in [0.2, 0.25) is 5.91 Å². The lowest BCUT2D eigenvalue weighted by atomic mass is 9.89. The van der Waals surface area contributed by atoms with Gasteiger partial charge in [0.15, 0.2) is 0 Å². The molecule has 0 aliphatic heterocycles. The Morgan fingerprint density at radius 1 is 1.33 bits per heavy atom. The predicted octanol–water partition coefficient (Wildman–Crippen LogP) is 3.60. The molecule has 1 N–H and O–H groups in total. The van der Waals surface area contributed by atoms with E-state index in [1.165, 1.54) is 5.56 Å². The van der Waals surface area contributed by atoms with Crippen molar-refractivity contribution in [2.24, 2.45) is 5.92 Å². The molecule has 0 aliphatic carbocycles. The van der Waals surface area contributed by atoms with Crippen molar-refractivity contribution in [2.75, 3.05) is 6.54 Å². The van der Waals surface area contributed by atoms with Gasteiger partial charge in [0.05, 0.1) is 0 Å². The van der Waals surface area contributed by atoms with Crippen molar-refractivity contribution >= 4 is 12.0 Å². The quantitative estimate of drug-likeness (QED) is 0.789. The van der Waals surface area contributed by atoms with Gasteiger partial charge in [-0.05, 0) is 36.0 Å². The van der Waals surface area contributed by atoms with Crippen LogP contribution in [0.4, 0.5) is 0 Å². The van der Waals surface area contributed by atoms with Crippen molar-refractivity contribution in [1.82, 2.24) is 5.32 Å². The van der Waals surface area contributed by atoms with Crippen LogP contribution in [0.25, 0.3) is 6.08 Å². The zero-order chi connectivity index (χ0) is 13.5. The fraction of sp³-hybridized carbons (Fsp3) is 0.438. The van der Waals surface area contributed by atoms with Gasteiger partial charge in [-0.25, -0.2) is 0 Å². The van der Waals surface area contributed by atoms with Crippen LogP contribution in [-0.2, 0) is 4.79 Å². The van der Waals surface area contributed by atoms with Gasteiger partial charge >= 0.3 is 0 Å². The zero-order valence-electron chi connectivity index (χ0n) is 11.7. The van der Waals surface area contributed by atoms with Gasteiger partial charge in [-0.1, -0.05) is 45.0 Å². The number of carbonyl (C=O) groups excluding carboxylic acids is 1. The molecular formula is C16H23NO. The van der Waals surface area contributed by atoms with Gasteiger partial charge < -0.3 is 5.32 Å². The third-order valence-corrected chi connectivity index (χ3v) is 3.21. The van der Waals surface area contributed by atoms with Gasteiger partial charge in [0.1, 0.15) is 0 Å². The summed E-state index contributed by atoms with van der Waals surface area (Å²) >= 11 is 0. The molecule has 0 saturated carbocycles. The molecule has 18 heavy (non-hydrogen) atoms. The Morgan fingerprint density at radius 2 is 2.06 bits per heavy atom. The molecule has 1 rings (SSSR count). The van der Waals surface area contributed by atoms with E-state index in [4.69, 9.17) is 0 Å². The van der Waals surface area contributed by atoms with E-state index in [9.17, 15) is 4.79 Å². The maximum absolute atomic E-state index is 11.3. The number of rotatable bonds is 5. The summed E-state index contributed by atoms with van der Waals surface area (Å²) in [7, 11) is 0. The van der Waals surface area contributed by atoms with Crippen LogP contribution in [0.1, 0.15) is 44.7 Å². The van der Waals surface area contributed by atoms with Crippen molar-refractivity contribution < 1.29 is 4.79 Å². The molecule has 1 atom stereocenters. The van der Waals surface area contributed by atoms with Crippen molar-refractivity contribution in [1.29, 1.82) is 0 Å². The highest BCUT2D eigenvalue weighted by Gasteiger charge is 2.09. The highest BCUT2D eigenvalue weighted by molar-refractivity contribution is 5.91. The van der Waals surface area contributed by atoms with Crippen LogP contribution in [0.5, 0.6) is 0 Å². The monoisotopic (exact) mass is 245 g/mol. The summed E-state index contributed by atoms with van der Waals surface area (Å²) in [5, 5.41) is 2.75. The molecule has 0 bridgehead atoms. The van der Waals surface area contributed by atoms with E-state index in [1.807, 2.05) is 25.1 Å². The van der Waals surface area contributed by atoms with Crippen LogP contribution in [0.3, 0.4) is 0 Å². The van der Waals surface area contributed by atoms with Crippen molar-refractivity contribution in [3.63, 3.8) is 0 Å². The second-order valence-corrected chi connectivity index (χ2v) is 4.93. The molecule has 2 heteroatoms. The lowest BCUT2D eigenvalue weighted by Crippen LogP contribution is -2.19. The molecule has 0 saturated heterocycles.